The highest BCUT2D eigenvalue weighted by Crippen LogP contribution is 2.36. The van der Waals surface area contributed by atoms with Gasteiger partial charge in [0.2, 0.25) is 0 Å². The molecule has 0 saturated carbocycles. The Morgan fingerprint density at radius 1 is 1.35 bits per heavy atom. The van der Waals surface area contributed by atoms with E-state index >= 15 is 0 Å². The quantitative estimate of drug-likeness (QED) is 0.655. The fourth-order valence-electron chi connectivity index (χ4n) is 0.919. The number of rotatable bonds is 2. The third-order valence-corrected chi connectivity index (χ3v) is 3.56. The van der Waals surface area contributed by atoms with E-state index in [0.29, 0.717) is 6.07 Å². The van der Waals surface area contributed by atoms with Gasteiger partial charge in [0.1, 0.15) is 0 Å². The maximum Gasteiger partial charge on any atom is 0.573 e. The number of ether oxygens (including phenoxy) is 1. The third-order valence-electron chi connectivity index (χ3n) is 1.57. The fourth-order valence-corrected chi connectivity index (χ4v) is 2.29. The number of hydrogen-bond acceptors (Lipinski definition) is 4. The van der Waals surface area contributed by atoms with Gasteiger partial charge >= 0.3 is 6.36 Å². The molecule has 0 spiro atoms. The average Bonchev–Trinajstić information content (AvgIpc) is 2.08. The molecule has 0 aliphatic rings. The second-order valence-corrected chi connectivity index (χ2v) is 6.22. The summed E-state index contributed by atoms with van der Waals surface area (Å²) in [6.45, 7) is 0. The third kappa shape index (κ3) is 3.93. The Labute approximate surface area is 107 Å². The molecule has 4 nitrogen and oxygen atoms in total. The fraction of sp³-hybridized carbons (Fsp3) is 0.143. The minimum absolute atomic E-state index is 0.0709. The maximum atomic E-state index is 12.0. The molecule has 2 N–H and O–H groups in total. The highest BCUT2D eigenvalue weighted by molar-refractivity contribution is 9.10. The molecule has 17 heavy (non-hydrogen) atoms. The Morgan fingerprint density at radius 3 is 2.29 bits per heavy atom. The molecule has 0 aliphatic heterocycles. The van der Waals surface area contributed by atoms with Gasteiger partial charge in [-0.25, -0.2) is 8.42 Å². The highest BCUT2D eigenvalue weighted by atomic mass is 79.9. The van der Waals surface area contributed by atoms with Crippen molar-refractivity contribution in [2.75, 3.05) is 5.73 Å². The van der Waals surface area contributed by atoms with E-state index in [0.717, 1.165) is 6.07 Å². The minimum atomic E-state index is -4.98. The first kappa shape index (κ1) is 14.4. The Hall–Kier alpha value is -0.670. The predicted molar refractivity (Wildman–Crippen MR) is 58.3 cm³/mol. The summed E-state index contributed by atoms with van der Waals surface area (Å²) in [5.74, 6) is -0.842. The first-order valence-electron chi connectivity index (χ1n) is 3.80. The van der Waals surface area contributed by atoms with Crippen molar-refractivity contribution in [3.05, 3.63) is 16.6 Å². The van der Waals surface area contributed by atoms with Gasteiger partial charge in [-0.15, -0.1) is 13.2 Å². The van der Waals surface area contributed by atoms with Gasteiger partial charge in [0.05, 0.1) is 10.6 Å². The van der Waals surface area contributed by atoms with E-state index in [9.17, 15) is 21.6 Å². The smallest absolute Gasteiger partial charge is 0.403 e. The number of hydrogen-bond donors (Lipinski definition) is 1. The van der Waals surface area contributed by atoms with E-state index in [4.69, 9.17) is 16.4 Å². The van der Waals surface area contributed by atoms with Crippen LogP contribution in [-0.2, 0) is 9.05 Å². The molecule has 0 amide bonds. The number of nitrogens with two attached hydrogens (primary N) is 1. The second kappa shape index (κ2) is 4.54. The molecule has 0 fully saturated rings. The lowest BCUT2D eigenvalue weighted by Gasteiger charge is -2.12. The number of nitrogen functional groups attached to an aromatic ring is 1. The van der Waals surface area contributed by atoms with Crippen molar-refractivity contribution >= 4 is 41.4 Å². The molecule has 10 heteroatoms. The molecule has 0 unspecified atom stereocenters. The zero-order chi connectivity index (χ0) is 13.4. The van der Waals surface area contributed by atoms with Crippen LogP contribution in [0.1, 0.15) is 0 Å². The highest BCUT2D eigenvalue weighted by Gasteiger charge is 2.33. The molecule has 0 saturated heterocycles. The summed E-state index contributed by atoms with van der Waals surface area (Å²) in [7, 11) is 0.819. The van der Waals surface area contributed by atoms with Gasteiger partial charge in [-0.3, -0.25) is 0 Å². The molecule has 96 valence electrons. The average molecular weight is 355 g/mol. The van der Waals surface area contributed by atoms with Crippen molar-refractivity contribution in [2.24, 2.45) is 0 Å². The molecule has 1 aromatic rings. The molecule has 1 rings (SSSR count). The van der Waals surface area contributed by atoms with Crippen molar-refractivity contribution in [3.8, 4) is 5.75 Å². The van der Waals surface area contributed by atoms with Gasteiger partial charge in [0, 0.05) is 21.2 Å². The topological polar surface area (TPSA) is 69.4 Å². The lowest BCUT2D eigenvalue weighted by Crippen LogP contribution is -2.18. The zero-order valence-corrected chi connectivity index (χ0v) is 10.9. The molecular weight excluding hydrogens is 350 g/mol. The van der Waals surface area contributed by atoms with Crippen molar-refractivity contribution < 1.29 is 26.3 Å². The van der Waals surface area contributed by atoms with E-state index < -0.39 is 26.1 Å². The summed E-state index contributed by atoms with van der Waals surface area (Å²) in [6, 6.07) is 1.57. The number of halogens is 5. The van der Waals surface area contributed by atoms with Crippen molar-refractivity contribution in [3.63, 3.8) is 0 Å². The van der Waals surface area contributed by atoms with E-state index in [2.05, 4.69) is 20.7 Å². The van der Waals surface area contributed by atoms with Gasteiger partial charge in [-0.05, 0) is 22.0 Å². The first-order chi connectivity index (χ1) is 7.50. The standard InChI is InChI=1S/C7H4BrClF3NO3S/c8-4-1-3(17(9,14)15)2-5(6(4)13)16-7(10,11)12/h1-2H,13H2. The summed E-state index contributed by atoms with van der Waals surface area (Å²) in [5, 5.41) is 0. The van der Waals surface area contributed by atoms with Crippen LogP contribution < -0.4 is 10.5 Å². The summed E-state index contributed by atoms with van der Waals surface area (Å²) >= 11 is 2.80. The summed E-state index contributed by atoms with van der Waals surface area (Å²) in [5.41, 5.74) is 4.91. The van der Waals surface area contributed by atoms with E-state index in [1.54, 1.807) is 0 Å². The van der Waals surface area contributed by atoms with Gasteiger partial charge in [0.25, 0.3) is 9.05 Å². The largest absolute Gasteiger partial charge is 0.573 e. The van der Waals surface area contributed by atoms with Gasteiger partial charge in [0.15, 0.2) is 5.75 Å². The van der Waals surface area contributed by atoms with E-state index in [1.165, 1.54) is 0 Å². The van der Waals surface area contributed by atoms with Gasteiger partial charge in [-0.2, -0.15) is 0 Å². The van der Waals surface area contributed by atoms with Crippen LogP contribution in [0, 0.1) is 0 Å². The Morgan fingerprint density at radius 2 is 1.88 bits per heavy atom. The molecule has 0 bridgehead atoms. The van der Waals surface area contributed by atoms with E-state index in [1.807, 2.05) is 0 Å². The van der Waals surface area contributed by atoms with Crippen molar-refractivity contribution in [1.29, 1.82) is 0 Å². The van der Waals surface area contributed by atoms with Crippen LogP contribution in [0.25, 0.3) is 0 Å². The van der Waals surface area contributed by atoms with Crippen molar-refractivity contribution in [2.45, 2.75) is 11.3 Å². The van der Waals surface area contributed by atoms with Crippen LogP contribution in [0.5, 0.6) is 5.75 Å². The second-order valence-electron chi connectivity index (χ2n) is 2.80. The maximum absolute atomic E-state index is 12.0. The molecule has 0 aliphatic carbocycles. The van der Waals surface area contributed by atoms with Crippen LogP contribution in [0.3, 0.4) is 0 Å². The number of alkyl halides is 3. The predicted octanol–water partition coefficient (Wildman–Crippen LogP) is 2.86. The molecule has 1 aromatic carbocycles. The normalized spacial score (nSPS) is 12.5. The summed E-state index contributed by atoms with van der Waals surface area (Å²) in [6.07, 6.45) is -4.98. The van der Waals surface area contributed by atoms with Crippen LogP contribution in [0.2, 0.25) is 0 Å². The van der Waals surface area contributed by atoms with Crippen LogP contribution >= 0.6 is 26.6 Å². The van der Waals surface area contributed by atoms with Gasteiger partial charge < -0.3 is 10.5 Å². The number of benzene rings is 1. The zero-order valence-electron chi connectivity index (χ0n) is 7.75. The number of anilines is 1. The monoisotopic (exact) mass is 353 g/mol. The minimum Gasteiger partial charge on any atom is -0.403 e. The molecular formula is C7H4BrClF3NO3S. The summed E-state index contributed by atoms with van der Waals surface area (Å²) in [4.78, 5) is -0.556. The molecule has 0 aromatic heterocycles. The Balaban J connectivity index is 3.36. The molecule has 0 heterocycles. The van der Waals surface area contributed by atoms with Crippen molar-refractivity contribution in [1.82, 2.24) is 0 Å². The lowest BCUT2D eigenvalue weighted by atomic mass is 10.3. The van der Waals surface area contributed by atoms with Crippen LogP contribution in [-0.4, -0.2) is 14.8 Å². The van der Waals surface area contributed by atoms with E-state index in [-0.39, 0.29) is 10.2 Å². The Kier molecular flexibility index (Phi) is 3.84. The summed E-state index contributed by atoms with van der Waals surface area (Å²) < 4.78 is 61.5. The lowest BCUT2D eigenvalue weighted by molar-refractivity contribution is -0.274. The Bertz CT molecular complexity index is 546. The van der Waals surface area contributed by atoms with Crippen LogP contribution in [0.15, 0.2) is 21.5 Å². The molecule has 0 radical (unpaired) electrons. The van der Waals surface area contributed by atoms with Gasteiger partial charge in [-0.1, -0.05) is 0 Å². The van der Waals surface area contributed by atoms with Crippen LogP contribution in [0.4, 0.5) is 18.9 Å². The SMILES string of the molecule is Nc1c(Br)cc(S(=O)(=O)Cl)cc1OC(F)(F)F. The first-order valence-corrected chi connectivity index (χ1v) is 6.90. The molecule has 0 atom stereocenters.